The van der Waals surface area contributed by atoms with Crippen LogP contribution in [0.15, 0.2) is 52.4 Å². The lowest BCUT2D eigenvalue weighted by Crippen LogP contribution is -1.90. The number of hydrogen-bond acceptors (Lipinski definition) is 3. The van der Waals surface area contributed by atoms with Gasteiger partial charge in [-0.2, -0.15) is 0 Å². The first kappa shape index (κ1) is 13.4. The molecule has 0 saturated heterocycles. The number of halogens is 1. The predicted octanol–water partition coefficient (Wildman–Crippen LogP) is 5.05. The van der Waals surface area contributed by atoms with Gasteiger partial charge in [0, 0.05) is 15.7 Å². The Morgan fingerprint density at radius 1 is 0.950 bits per heavy atom. The summed E-state index contributed by atoms with van der Waals surface area (Å²) in [5.41, 5.74) is 2.51. The number of rotatable bonds is 2. The average molecular weight is 301 g/mol. The van der Waals surface area contributed by atoms with Gasteiger partial charge in [0.25, 0.3) is 0 Å². The Balaban J connectivity index is 2.09. The lowest BCUT2D eigenvalue weighted by Gasteiger charge is -2.08. The summed E-state index contributed by atoms with van der Waals surface area (Å²) >= 11 is 7.73. The number of nitrogens with zero attached hydrogens (tertiary/aromatic N) is 2. The van der Waals surface area contributed by atoms with E-state index in [9.17, 15) is 0 Å². The Labute approximate surface area is 127 Å². The van der Waals surface area contributed by atoms with Crippen molar-refractivity contribution in [3.63, 3.8) is 0 Å². The largest absolute Gasteiger partial charge is 0.159 e. The van der Waals surface area contributed by atoms with Crippen LogP contribution < -0.4 is 0 Å². The molecule has 0 saturated carbocycles. The molecule has 0 spiro atoms. The van der Waals surface area contributed by atoms with E-state index in [4.69, 9.17) is 11.6 Å². The summed E-state index contributed by atoms with van der Waals surface area (Å²) in [5, 5.41) is 11.6. The van der Waals surface area contributed by atoms with Crippen LogP contribution in [-0.2, 0) is 0 Å². The zero-order valence-electron chi connectivity index (χ0n) is 11.2. The molecule has 0 N–H and O–H groups in total. The molecule has 0 atom stereocenters. The molecule has 0 aliphatic carbocycles. The first-order valence-corrected chi connectivity index (χ1v) is 7.50. The van der Waals surface area contributed by atoms with Gasteiger partial charge < -0.3 is 0 Å². The smallest absolute Gasteiger partial charge is 0.142 e. The average Bonchev–Trinajstić information content (AvgIpc) is 2.45. The van der Waals surface area contributed by atoms with E-state index in [-0.39, 0.29) is 0 Å². The van der Waals surface area contributed by atoms with Crippen molar-refractivity contribution in [1.82, 2.24) is 10.2 Å². The van der Waals surface area contributed by atoms with Gasteiger partial charge in [-0.15, -0.1) is 10.2 Å². The summed E-state index contributed by atoms with van der Waals surface area (Å²) in [4.78, 5) is 1.19. The second-order valence-electron chi connectivity index (χ2n) is 4.71. The fraction of sp³-hybridized carbons (Fsp3) is 0.125. The highest BCUT2D eigenvalue weighted by Crippen LogP contribution is 2.35. The quantitative estimate of drug-likeness (QED) is 0.662. The van der Waals surface area contributed by atoms with E-state index in [1.165, 1.54) is 16.0 Å². The summed E-state index contributed by atoms with van der Waals surface area (Å²) in [7, 11) is 0. The minimum Gasteiger partial charge on any atom is -0.142 e. The van der Waals surface area contributed by atoms with Crippen molar-refractivity contribution in [2.24, 2.45) is 0 Å². The molecule has 0 radical (unpaired) electrons. The topological polar surface area (TPSA) is 25.8 Å². The predicted molar refractivity (Wildman–Crippen MR) is 84.6 cm³/mol. The van der Waals surface area contributed by atoms with Crippen LogP contribution in [-0.4, -0.2) is 10.2 Å². The van der Waals surface area contributed by atoms with Crippen molar-refractivity contribution >= 4 is 34.1 Å². The van der Waals surface area contributed by atoms with Crippen LogP contribution in [0.25, 0.3) is 10.8 Å². The Kier molecular flexibility index (Phi) is 3.64. The van der Waals surface area contributed by atoms with E-state index in [1.54, 1.807) is 11.8 Å². The molecule has 100 valence electrons. The van der Waals surface area contributed by atoms with Crippen molar-refractivity contribution in [2.45, 2.75) is 23.8 Å². The Morgan fingerprint density at radius 3 is 2.45 bits per heavy atom. The lowest BCUT2D eigenvalue weighted by molar-refractivity contribution is 0.955. The summed E-state index contributed by atoms with van der Waals surface area (Å²) < 4.78 is 0. The van der Waals surface area contributed by atoms with Crippen molar-refractivity contribution in [2.75, 3.05) is 0 Å². The van der Waals surface area contributed by atoms with Crippen LogP contribution in [0.2, 0.25) is 5.15 Å². The molecule has 0 aliphatic rings. The monoisotopic (exact) mass is 300 g/mol. The molecule has 3 rings (SSSR count). The highest BCUT2D eigenvalue weighted by Gasteiger charge is 2.10. The van der Waals surface area contributed by atoms with Crippen LogP contribution in [0.3, 0.4) is 0 Å². The fourth-order valence-electron chi connectivity index (χ4n) is 2.14. The summed E-state index contributed by atoms with van der Waals surface area (Å²) in [6.07, 6.45) is 0. The van der Waals surface area contributed by atoms with Crippen LogP contribution >= 0.6 is 23.4 Å². The van der Waals surface area contributed by atoms with Crippen molar-refractivity contribution in [3.8, 4) is 0 Å². The molecule has 2 nitrogen and oxygen atoms in total. The van der Waals surface area contributed by atoms with E-state index in [2.05, 4.69) is 42.2 Å². The standard InChI is InChI=1S/C16H13ClN2S/c1-10-7-8-14(11(2)9-10)20-16-13-6-4-3-5-12(13)15(17)18-19-16/h3-9H,1-2H3. The van der Waals surface area contributed by atoms with Crippen LogP contribution in [0.1, 0.15) is 11.1 Å². The maximum absolute atomic E-state index is 6.10. The Hall–Kier alpha value is -1.58. The van der Waals surface area contributed by atoms with Gasteiger partial charge in [-0.3, -0.25) is 0 Å². The minimum absolute atomic E-state index is 0.450. The molecule has 20 heavy (non-hydrogen) atoms. The number of aryl methyl sites for hydroxylation is 2. The molecule has 0 fully saturated rings. The van der Waals surface area contributed by atoms with E-state index in [0.717, 1.165) is 15.8 Å². The van der Waals surface area contributed by atoms with Gasteiger partial charge in [0.2, 0.25) is 0 Å². The van der Waals surface area contributed by atoms with Crippen molar-refractivity contribution in [1.29, 1.82) is 0 Å². The van der Waals surface area contributed by atoms with Gasteiger partial charge in [0.1, 0.15) is 5.03 Å². The summed E-state index contributed by atoms with van der Waals surface area (Å²) in [5.74, 6) is 0. The normalized spacial score (nSPS) is 10.9. The molecule has 1 heterocycles. The highest BCUT2D eigenvalue weighted by atomic mass is 35.5. The highest BCUT2D eigenvalue weighted by molar-refractivity contribution is 7.99. The third-order valence-corrected chi connectivity index (χ3v) is 4.60. The van der Waals surface area contributed by atoms with Gasteiger partial charge in [0.05, 0.1) is 0 Å². The Morgan fingerprint density at radius 2 is 1.70 bits per heavy atom. The van der Waals surface area contributed by atoms with Crippen LogP contribution in [0.5, 0.6) is 0 Å². The molecule has 0 aliphatic heterocycles. The third kappa shape index (κ3) is 2.51. The molecular formula is C16H13ClN2S. The Bertz CT molecular complexity index is 787. The first-order chi connectivity index (χ1) is 9.65. The van der Waals surface area contributed by atoms with Gasteiger partial charge in [-0.1, -0.05) is 65.3 Å². The van der Waals surface area contributed by atoms with Gasteiger partial charge in [0.15, 0.2) is 5.15 Å². The number of benzene rings is 2. The number of aromatic nitrogens is 2. The SMILES string of the molecule is Cc1ccc(Sc2nnc(Cl)c3ccccc23)c(C)c1. The third-order valence-electron chi connectivity index (χ3n) is 3.15. The van der Waals surface area contributed by atoms with Gasteiger partial charge in [-0.05, 0) is 25.5 Å². The molecule has 1 aromatic heterocycles. The molecule has 3 aromatic rings. The molecule has 2 aromatic carbocycles. The minimum atomic E-state index is 0.450. The summed E-state index contributed by atoms with van der Waals surface area (Å²) in [6, 6.07) is 14.4. The lowest BCUT2D eigenvalue weighted by atomic mass is 10.2. The van der Waals surface area contributed by atoms with E-state index in [1.807, 2.05) is 24.3 Å². The van der Waals surface area contributed by atoms with Gasteiger partial charge >= 0.3 is 0 Å². The van der Waals surface area contributed by atoms with Gasteiger partial charge in [-0.25, -0.2) is 0 Å². The van der Waals surface area contributed by atoms with Crippen LogP contribution in [0, 0.1) is 13.8 Å². The maximum atomic E-state index is 6.10. The molecular weight excluding hydrogens is 288 g/mol. The van der Waals surface area contributed by atoms with E-state index < -0.39 is 0 Å². The zero-order valence-corrected chi connectivity index (χ0v) is 12.8. The maximum Gasteiger partial charge on any atom is 0.159 e. The van der Waals surface area contributed by atoms with E-state index >= 15 is 0 Å². The second-order valence-corrected chi connectivity index (χ2v) is 6.10. The van der Waals surface area contributed by atoms with Crippen LogP contribution in [0.4, 0.5) is 0 Å². The summed E-state index contributed by atoms with van der Waals surface area (Å²) in [6.45, 7) is 4.21. The zero-order chi connectivity index (χ0) is 14.1. The number of hydrogen-bond donors (Lipinski definition) is 0. The van der Waals surface area contributed by atoms with E-state index in [0.29, 0.717) is 5.15 Å². The number of fused-ring (bicyclic) bond motifs is 1. The van der Waals surface area contributed by atoms with Crippen molar-refractivity contribution in [3.05, 3.63) is 58.7 Å². The molecule has 0 amide bonds. The molecule has 0 unspecified atom stereocenters. The van der Waals surface area contributed by atoms with Crippen molar-refractivity contribution < 1.29 is 0 Å². The molecule has 4 heteroatoms. The second kappa shape index (κ2) is 5.43. The fourth-order valence-corrected chi connectivity index (χ4v) is 3.28. The molecule has 0 bridgehead atoms. The first-order valence-electron chi connectivity index (χ1n) is 6.31.